The van der Waals surface area contributed by atoms with Crippen molar-refractivity contribution in [3.63, 3.8) is 0 Å². The van der Waals surface area contributed by atoms with Crippen LogP contribution >= 0.6 is 11.8 Å². The Morgan fingerprint density at radius 2 is 1.93 bits per heavy atom. The lowest BCUT2D eigenvalue weighted by molar-refractivity contribution is 0.0132. The molecule has 152 valence electrons. The molecule has 0 aliphatic carbocycles. The van der Waals surface area contributed by atoms with Gasteiger partial charge in [-0.25, -0.2) is 18.4 Å². The molecule has 0 aliphatic rings. The van der Waals surface area contributed by atoms with Crippen LogP contribution < -0.4 is 0 Å². The predicted octanol–water partition coefficient (Wildman–Crippen LogP) is 3.23. The van der Waals surface area contributed by atoms with E-state index in [1.807, 2.05) is 0 Å². The normalized spacial score (nSPS) is 15.5. The Morgan fingerprint density at radius 3 is 2.55 bits per heavy atom. The van der Waals surface area contributed by atoms with Crippen LogP contribution in [0.4, 0.5) is 8.78 Å². The van der Waals surface area contributed by atoms with Gasteiger partial charge in [0.1, 0.15) is 29.9 Å². The maximum atomic E-state index is 14.6. The first-order valence-electron chi connectivity index (χ1n) is 8.91. The number of Topliss-reactive ketones (excluding diaryl/α,β-unsaturated/α-hetero) is 1. The first-order chi connectivity index (χ1) is 13.8. The summed E-state index contributed by atoms with van der Waals surface area (Å²) in [6, 6.07) is 6.27. The molecule has 0 saturated heterocycles. The van der Waals surface area contributed by atoms with E-state index in [-0.39, 0.29) is 17.9 Å². The standard InChI is InChI=1S/C20H20F2N4O2S/c1-13(19(27)15-5-7-23-8-6-15)29-14(2)20(28,10-26-12-24-11-25-26)17-4-3-16(21)9-18(17)22/h3-9,11-14,28H,10H2,1-2H3/t13?,14-,20-/m1/s1. The largest absolute Gasteiger partial charge is 0.382 e. The third kappa shape index (κ3) is 4.68. The highest BCUT2D eigenvalue weighted by Gasteiger charge is 2.41. The van der Waals surface area contributed by atoms with Gasteiger partial charge in [-0.3, -0.25) is 9.78 Å². The number of pyridine rings is 1. The summed E-state index contributed by atoms with van der Waals surface area (Å²) >= 11 is 1.20. The SMILES string of the molecule is CC(S[C@H](C)[C@](O)(Cn1cncn1)c1ccc(F)cc1F)C(=O)c1ccncc1. The molecule has 1 aromatic carbocycles. The number of hydrogen-bond acceptors (Lipinski definition) is 6. The highest BCUT2D eigenvalue weighted by atomic mass is 32.2. The third-order valence-electron chi connectivity index (χ3n) is 4.68. The molecule has 2 heterocycles. The zero-order chi connectivity index (χ0) is 21.0. The van der Waals surface area contributed by atoms with Crippen LogP contribution in [-0.2, 0) is 12.1 Å². The van der Waals surface area contributed by atoms with Crippen LogP contribution in [0.15, 0.2) is 55.4 Å². The van der Waals surface area contributed by atoms with Crippen molar-refractivity contribution < 1.29 is 18.7 Å². The average molecular weight is 418 g/mol. The van der Waals surface area contributed by atoms with E-state index in [0.29, 0.717) is 5.56 Å². The summed E-state index contributed by atoms with van der Waals surface area (Å²) < 4.78 is 29.4. The highest BCUT2D eigenvalue weighted by molar-refractivity contribution is 8.01. The fourth-order valence-corrected chi connectivity index (χ4v) is 4.36. The van der Waals surface area contributed by atoms with Gasteiger partial charge in [0.2, 0.25) is 0 Å². The first kappa shape index (κ1) is 21.1. The van der Waals surface area contributed by atoms with E-state index in [9.17, 15) is 18.7 Å². The lowest BCUT2D eigenvalue weighted by Crippen LogP contribution is -2.42. The van der Waals surface area contributed by atoms with Crippen molar-refractivity contribution in [2.75, 3.05) is 0 Å². The van der Waals surface area contributed by atoms with Crippen LogP contribution in [0.2, 0.25) is 0 Å². The van der Waals surface area contributed by atoms with Crippen molar-refractivity contribution >= 4 is 17.5 Å². The molecule has 0 saturated carbocycles. The smallest absolute Gasteiger partial charge is 0.175 e. The number of nitrogens with zero attached hydrogens (tertiary/aromatic N) is 4. The zero-order valence-corrected chi connectivity index (χ0v) is 16.7. The molecule has 29 heavy (non-hydrogen) atoms. The maximum absolute atomic E-state index is 14.6. The number of aromatic nitrogens is 4. The summed E-state index contributed by atoms with van der Waals surface area (Å²) in [4.78, 5) is 20.4. The molecule has 0 spiro atoms. The summed E-state index contributed by atoms with van der Waals surface area (Å²) in [6.07, 6.45) is 5.76. The summed E-state index contributed by atoms with van der Waals surface area (Å²) in [5.74, 6) is -1.74. The minimum atomic E-state index is -1.76. The number of benzene rings is 1. The Kier molecular flexibility index (Phi) is 6.39. The third-order valence-corrected chi connectivity index (χ3v) is 6.10. The van der Waals surface area contributed by atoms with Gasteiger partial charge in [0.25, 0.3) is 0 Å². The maximum Gasteiger partial charge on any atom is 0.175 e. The molecule has 0 aliphatic heterocycles. The molecule has 0 amide bonds. The molecular weight excluding hydrogens is 398 g/mol. The van der Waals surface area contributed by atoms with Gasteiger partial charge in [0.15, 0.2) is 5.78 Å². The summed E-state index contributed by atoms with van der Waals surface area (Å²) in [7, 11) is 0. The molecule has 1 unspecified atom stereocenters. The van der Waals surface area contributed by atoms with E-state index in [4.69, 9.17) is 0 Å². The number of rotatable bonds is 8. The number of aliphatic hydroxyl groups is 1. The fourth-order valence-electron chi connectivity index (χ4n) is 3.07. The van der Waals surface area contributed by atoms with Gasteiger partial charge in [-0.2, -0.15) is 5.10 Å². The second kappa shape index (κ2) is 8.79. The van der Waals surface area contributed by atoms with Gasteiger partial charge < -0.3 is 5.11 Å². The van der Waals surface area contributed by atoms with Crippen molar-refractivity contribution in [2.45, 2.75) is 36.5 Å². The monoisotopic (exact) mass is 418 g/mol. The van der Waals surface area contributed by atoms with Crippen LogP contribution in [0.25, 0.3) is 0 Å². The van der Waals surface area contributed by atoms with E-state index in [2.05, 4.69) is 15.1 Å². The Balaban J connectivity index is 1.89. The van der Waals surface area contributed by atoms with Crippen LogP contribution in [-0.4, -0.2) is 41.1 Å². The second-order valence-corrected chi connectivity index (χ2v) is 8.35. The molecule has 3 aromatic rings. The fraction of sp³-hybridized carbons (Fsp3) is 0.300. The van der Waals surface area contributed by atoms with E-state index >= 15 is 0 Å². The molecule has 0 bridgehead atoms. The topological polar surface area (TPSA) is 80.9 Å². The van der Waals surface area contributed by atoms with E-state index in [1.54, 1.807) is 26.0 Å². The van der Waals surface area contributed by atoms with Crippen molar-refractivity contribution in [3.05, 3.63) is 78.1 Å². The van der Waals surface area contributed by atoms with Crippen LogP contribution in [0, 0.1) is 11.6 Å². The predicted molar refractivity (Wildman–Crippen MR) is 105 cm³/mol. The van der Waals surface area contributed by atoms with Gasteiger partial charge in [-0.05, 0) is 25.1 Å². The van der Waals surface area contributed by atoms with Crippen molar-refractivity contribution in [2.24, 2.45) is 0 Å². The van der Waals surface area contributed by atoms with Gasteiger partial charge >= 0.3 is 0 Å². The highest BCUT2D eigenvalue weighted by Crippen LogP contribution is 2.38. The van der Waals surface area contributed by atoms with Gasteiger partial charge in [0.05, 0.1) is 11.8 Å². The van der Waals surface area contributed by atoms with Gasteiger partial charge in [-0.15, -0.1) is 11.8 Å². The minimum Gasteiger partial charge on any atom is -0.382 e. The number of thioether (sulfide) groups is 1. The number of halogens is 2. The number of carbonyl (C=O) groups excluding carboxylic acids is 1. The minimum absolute atomic E-state index is 0.0713. The molecule has 0 fully saturated rings. The number of carbonyl (C=O) groups is 1. The quantitative estimate of drug-likeness (QED) is 0.566. The molecule has 6 nitrogen and oxygen atoms in total. The van der Waals surface area contributed by atoms with E-state index in [0.717, 1.165) is 12.1 Å². The summed E-state index contributed by atoms with van der Waals surface area (Å²) in [5.41, 5.74) is -1.33. The summed E-state index contributed by atoms with van der Waals surface area (Å²) in [6.45, 7) is 3.31. The molecule has 3 atom stereocenters. The van der Waals surface area contributed by atoms with Crippen molar-refractivity contribution in [1.29, 1.82) is 0 Å². The van der Waals surface area contributed by atoms with Gasteiger partial charge in [0, 0.05) is 34.8 Å². The Hall–Kier alpha value is -2.65. The Labute approximate surface area is 171 Å². The molecule has 1 N–H and O–H groups in total. The van der Waals surface area contributed by atoms with Gasteiger partial charge in [-0.1, -0.05) is 13.0 Å². The van der Waals surface area contributed by atoms with Crippen molar-refractivity contribution in [1.82, 2.24) is 19.7 Å². The Morgan fingerprint density at radius 1 is 1.21 bits per heavy atom. The molecule has 9 heteroatoms. The zero-order valence-electron chi connectivity index (χ0n) is 15.9. The Bertz CT molecular complexity index is 972. The van der Waals surface area contributed by atoms with Crippen molar-refractivity contribution in [3.8, 4) is 0 Å². The van der Waals surface area contributed by atoms with E-state index in [1.165, 1.54) is 47.6 Å². The number of ketones is 1. The molecule has 3 rings (SSSR count). The molecule has 0 radical (unpaired) electrons. The van der Waals surface area contributed by atoms with Crippen LogP contribution in [0.5, 0.6) is 0 Å². The van der Waals surface area contributed by atoms with Crippen LogP contribution in [0.1, 0.15) is 29.8 Å². The summed E-state index contributed by atoms with van der Waals surface area (Å²) in [5, 5.41) is 14.3. The van der Waals surface area contributed by atoms with Crippen LogP contribution in [0.3, 0.4) is 0 Å². The second-order valence-electron chi connectivity index (χ2n) is 6.66. The van der Waals surface area contributed by atoms with E-state index < -0.39 is 27.7 Å². The lowest BCUT2D eigenvalue weighted by Gasteiger charge is -2.35. The lowest BCUT2D eigenvalue weighted by atomic mass is 9.90. The first-order valence-corrected chi connectivity index (χ1v) is 9.85. The average Bonchev–Trinajstić information content (AvgIpc) is 3.20. The molecular formula is C20H20F2N4O2S. The number of hydrogen-bond donors (Lipinski definition) is 1. The molecule has 2 aromatic heterocycles.